The number of ether oxygens (including phenoxy) is 1. The summed E-state index contributed by atoms with van der Waals surface area (Å²) >= 11 is 0. The highest BCUT2D eigenvalue weighted by molar-refractivity contribution is 7.92. The molecule has 10 heteroatoms. The number of carbonyl (C=O) groups excluding carboxylic acids is 1. The topological polar surface area (TPSA) is 106 Å². The number of aryl methyl sites for hydroxylation is 1. The van der Waals surface area contributed by atoms with Gasteiger partial charge in [-0.15, -0.1) is 0 Å². The summed E-state index contributed by atoms with van der Waals surface area (Å²) in [4.78, 5) is 20.1. The summed E-state index contributed by atoms with van der Waals surface area (Å²) in [6.07, 6.45) is 5.72. The van der Waals surface area contributed by atoms with Crippen LogP contribution in [0.25, 0.3) is 10.9 Å². The van der Waals surface area contributed by atoms with Gasteiger partial charge in [-0.2, -0.15) is 4.36 Å². The zero-order chi connectivity index (χ0) is 22.9. The van der Waals surface area contributed by atoms with Gasteiger partial charge in [0.2, 0.25) is 5.91 Å². The molecular weight excluding hydrogens is 433 g/mol. The number of anilines is 2. The molecule has 3 aromatic rings. The number of aromatic nitrogens is 2. The van der Waals surface area contributed by atoms with Crippen LogP contribution in [0, 0.1) is 12.7 Å². The molecule has 1 fully saturated rings. The maximum Gasteiger partial charge on any atom is 0.220 e. The lowest BCUT2D eigenvalue weighted by molar-refractivity contribution is -0.119. The number of carbonyl (C=O) groups is 1. The van der Waals surface area contributed by atoms with Crippen molar-refractivity contribution >= 4 is 43.7 Å². The average molecular weight is 458 g/mol. The van der Waals surface area contributed by atoms with Crippen molar-refractivity contribution in [3.8, 4) is 5.75 Å². The van der Waals surface area contributed by atoms with E-state index < -0.39 is 15.5 Å². The molecule has 1 aromatic heterocycles. The van der Waals surface area contributed by atoms with Crippen LogP contribution < -0.4 is 15.4 Å². The second-order valence-electron chi connectivity index (χ2n) is 8.03. The highest BCUT2D eigenvalue weighted by Crippen LogP contribution is 2.34. The first-order valence-corrected chi connectivity index (χ1v) is 12.4. The standard InChI is InChI=1S/C22H24FN5O3S/c1-13-8-16(28-32(2,3)30)10-18-21(13)22(25-12-24-18)27-17-6-4-14(23)9-19(17)31-11-15-5-7-20(29)26-15/h4,6,8-10,12,15H,5,7,11H2,1-3H3,(H,26,29)(H,24,25,27)/t15-/m1/s1. The maximum atomic E-state index is 13.9. The maximum absolute atomic E-state index is 13.9. The normalized spacial score (nSPS) is 16.1. The van der Waals surface area contributed by atoms with E-state index in [1.54, 1.807) is 24.6 Å². The Balaban J connectivity index is 1.66. The minimum Gasteiger partial charge on any atom is -0.489 e. The van der Waals surface area contributed by atoms with Crippen LogP contribution in [0.1, 0.15) is 18.4 Å². The lowest BCUT2D eigenvalue weighted by Gasteiger charge is -2.17. The van der Waals surface area contributed by atoms with E-state index >= 15 is 0 Å². The van der Waals surface area contributed by atoms with Crippen molar-refractivity contribution in [3.05, 3.63) is 48.0 Å². The van der Waals surface area contributed by atoms with E-state index in [1.165, 1.54) is 18.5 Å². The van der Waals surface area contributed by atoms with Gasteiger partial charge in [0, 0.05) is 40.1 Å². The molecule has 0 saturated carbocycles. The van der Waals surface area contributed by atoms with Crippen molar-refractivity contribution in [2.75, 3.05) is 24.4 Å². The second kappa shape index (κ2) is 8.70. The van der Waals surface area contributed by atoms with Crippen molar-refractivity contribution in [1.82, 2.24) is 15.3 Å². The molecule has 0 spiro atoms. The van der Waals surface area contributed by atoms with Crippen LogP contribution in [0.2, 0.25) is 0 Å². The number of hydrogen-bond acceptors (Lipinski definition) is 7. The number of halogens is 1. The summed E-state index contributed by atoms with van der Waals surface area (Å²) < 4.78 is 36.1. The molecule has 32 heavy (non-hydrogen) atoms. The summed E-state index contributed by atoms with van der Waals surface area (Å²) in [5, 5.41) is 6.82. The third-order valence-corrected chi connectivity index (χ3v) is 5.62. The van der Waals surface area contributed by atoms with Gasteiger partial charge >= 0.3 is 0 Å². The summed E-state index contributed by atoms with van der Waals surface area (Å²) in [5.74, 6) is 0.406. The van der Waals surface area contributed by atoms with Gasteiger partial charge in [0.1, 0.15) is 30.3 Å². The van der Waals surface area contributed by atoms with E-state index in [9.17, 15) is 13.4 Å². The molecule has 2 heterocycles. The van der Waals surface area contributed by atoms with Gasteiger partial charge in [0.25, 0.3) is 0 Å². The first kappa shape index (κ1) is 21.9. The summed E-state index contributed by atoms with van der Waals surface area (Å²) in [7, 11) is -2.31. The Kier molecular flexibility index (Phi) is 5.96. The molecule has 8 nitrogen and oxygen atoms in total. The predicted octanol–water partition coefficient (Wildman–Crippen LogP) is 3.84. The molecule has 1 aliphatic heterocycles. The highest BCUT2D eigenvalue weighted by atomic mass is 32.2. The largest absolute Gasteiger partial charge is 0.489 e. The number of hydrogen-bond donors (Lipinski definition) is 2. The zero-order valence-corrected chi connectivity index (χ0v) is 18.8. The molecule has 0 radical (unpaired) electrons. The molecule has 0 bridgehead atoms. The third-order valence-electron chi connectivity index (χ3n) is 4.97. The third kappa shape index (κ3) is 5.13. The minimum atomic E-state index is -2.31. The Hall–Kier alpha value is -3.27. The fourth-order valence-corrected chi connectivity index (χ4v) is 4.23. The highest BCUT2D eigenvalue weighted by Gasteiger charge is 2.22. The smallest absolute Gasteiger partial charge is 0.220 e. The van der Waals surface area contributed by atoms with E-state index in [0.29, 0.717) is 41.3 Å². The van der Waals surface area contributed by atoms with Gasteiger partial charge < -0.3 is 15.4 Å². The Morgan fingerprint density at radius 2 is 2.09 bits per heavy atom. The molecule has 1 amide bonds. The van der Waals surface area contributed by atoms with Crippen molar-refractivity contribution in [2.45, 2.75) is 25.8 Å². The molecule has 1 atom stereocenters. The lowest BCUT2D eigenvalue weighted by Crippen LogP contribution is -2.31. The van der Waals surface area contributed by atoms with Gasteiger partial charge in [-0.05, 0) is 43.2 Å². The summed E-state index contributed by atoms with van der Waals surface area (Å²) in [6, 6.07) is 7.69. The molecule has 2 N–H and O–H groups in total. The van der Waals surface area contributed by atoms with E-state index in [4.69, 9.17) is 4.74 Å². The second-order valence-corrected chi connectivity index (χ2v) is 10.6. The SMILES string of the molecule is Cc1cc(N=S(C)(C)=O)cc2ncnc(Nc3ccc(F)cc3OC[C@H]3CCC(=O)N3)c12. The zero-order valence-electron chi connectivity index (χ0n) is 18.0. The van der Waals surface area contributed by atoms with Crippen molar-refractivity contribution in [3.63, 3.8) is 0 Å². The number of nitrogens with zero attached hydrogens (tertiary/aromatic N) is 3. The van der Waals surface area contributed by atoms with Crippen LogP contribution in [0.3, 0.4) is 0 Å². The van der Waals surface area contributed by atoms with Crippen LogP contribution in [0.5, 0.6) is 5.75 Å². The molecule has 1 aliphatic rings. The van der Waals surface area contributed by atoms with Gasteiger partial charge in [-0.1, -0.05) is 0 Å². The first-order valence-electron chi connectivity index (χ1n) is 10.1. The Morgan fingerprint density at radius 1 is 1.28 bits per heavy atom. The average Bonchev–Trinajstić information content (AvgIpc) is 3.12. The molecular formula is C22H24FN5O3S. The summed E-state index contributed by atoms with van der Waals surface area (Å²) in [5.41, 5.74) is 2.61. The van der Waals surface area contributed by atoms with Crippen molar-refractivity contribution in [2.24, 2.45) is 4.36 Å². The monoisotopic (exact) mass is 457 g/mol. The van der Waals surface area contributed by atoms with Crippen LogP contribution >= 0.6 is 0 Å². The molecule has 4 rings (SSSR count). The minimum absolute atomic E-state index is 0.00723. The molecule has 1 saturated heterocycles. The van der Waals surface area contributed by atoms with Crippen LogP contribution in [0.4, 0.5) is 21.6 Å². The van der Waals surface area contributed by atoms with Crippen LogP contribution in [-0.2, 0) is 14.5 Å². The van der Waals surface area contributed by atoms with Crippen LogP contribution in [0.15, 0.2) is 41.0 Å². The number of nitrogens with one attached hydrogen (secondary N) is 2. The quantitative estimate of drug-likeness (QED) is 0.583. The van der Waals surface area contributed by atoms with Gasteiger partial charge in [-0.3, -0.25) is 4.79 Å². The summed E-state index contributed by atoms with van der Waals surface area (Å²) in [6.45, 7) is 2.14. The van der Waals surface area contributed by atoms with Crippen molar-refractivity contribution in [1.29, 1.82) is 0 Å². The molecule has 168 valence electrons. The Labute approximate surface area is 185 Å². The Morgan fingerprint density at radius 3 is 2.81 bits per heavy atom. The number of benzene rings is 2. The fourth-order valence-electron chi connectivity index (χ4n) is 3.61. The van der Waals surface area contributed by atoms with E-state index in [1.807, 2.05) is 13.0 Å². The molecule has 2 aromatic carbocycles. The van der Waals surface area contributed by atoms with E-state index in [0.717, 1.165) is 10.9 Å². The number of rotatable bonds is 6. The van der Waals surface area contributed by atoms with Crippen molar-refractivity contribution < 1.29 is 18.1 Å². The van der Waals surface area contributed by atoms with Gasteiger partial charge in [0.05, 0.1) is 22.9 Å². The van der Waals surface area contributed by atoms with E-state index in [-0.39, 0.29) is 18.6 Å². The van der Waals surface area contributed by atoms with E-state index in [2.05, 4.69) is 25.0 Å². The van der Waals surface area contributed by atoms with Crippen LogP contribution in [-0.4, -0.2) is 45.2 Å². The predicted molar refractivity (Wildman–Crippen MR) is 123 cm³/mol. The lowest BCUT2D eigenvalue weighted by atomic mass is 10.1. The van der Waals surface area contributed by atoms with Gasteiger partial charge in [0.15, 0.2) is 0 Å². The number of fused-ring (bicyclic) bond motifs is 1. The first-order chi connectivity index (χ1) is 15.2. The number of amides is 1. The fraction of sp³-hybridized carbons (Fsp3) is 0.318. The van der Waals surface area contributed by atoms with Gasteiger partial charge in [-0.25, -0.2) is 18.6 Å². The molecule has 0 aliphatic carbocycles. The molecule has 0 unspecified atom stereocenters. The Bertz CT molecular complexity index is 1310.